The van der Waals surface area contributed by atoms with Gasteiger partial charge in [0, 0.05) is 40.4 Å². The third kappa shape index (κ3) is 93.3. The van der Waals surface area contributed by atoms with Crippen LogP contribution in [0.1, 0.15) is 336 Å². The number of esters is 1. The summed E-state index contributed by atoms with van der Waals surface area (Å²) in [7, 11) is 5.50. The zero-order chi connectivity index (χ0) is 68.3. The Kier molecular flexibility index (Phi) is 64.9. The zero-order valence-electron chi connectivity index (χ0n) is 63.5. The molecular weight excluding hydrogens is 1070 g/mol. The number of nitrogens with zero attached hydrogens (tertiary/aromatic N) is 1. The van der Waals surface area contributed by atoms with Crippen LogP contribution in [0, 0.1) is 111 Å². The first-order valence-electron chi connectivity index (χ1n) is 34.4. The molecular formula is C78H153ClFNO4. The van der Waals surface area contributed by atoms with Crippen LogP contribution < -0.4 is 0 Å². The molecule has 3 fully saturated rings. The van der Waals surface area contributed by atoms with Crippen molar-refractivity contribution in [2.24, 2.45) is 75.9 Å². The van der Waals surface area contributed by atoms with E-state index in [-0.39, 0.29) is 33.7 Å². The van der Waals surface area contributed by atoms with Gasteiger partial charge in [-0.05, 0) is 170 Å². The van der Waals surface area contributed by atoms with Crippen LogP contribution >= 0.6 is 11.6 Å². The second kappa shape index (κ2) is 57.1. The van der Waals surface area contributed by atoms with Gasteiger partial charge >= 0.3 is 5.97 Å². The summed E-state index contributed by atoms with van der Waals surface area (Å²) in [4.78, 5) is 23.9. The predicted molar refractivity (Wildman–Crippen MR) is 382 cm³/mol. The van der Waals surface area contributed by atoms with Crippen molar-refractivity contribution in [1.29, 1.82) is 0 Å². The van der Waals surface area contributed by atoms with E-state index in [1.807, 2.05) is 55.4 Å². The molecule has 0 atom stereocenters. The molecule has 0 aliphatic heterocycles. The highest BCUT2D eigenvalue weighted by atomic mass is 35.5. The van der Waals surface area contributed by atoms with Crippen molar-refractivity contribution in [2.75, 3.05) is 21.2 Å². The molecule has 0 unspecified atom stereocenters. The molecule has 3 saturated carbocycles. The highest BCUT2D eigenvalue weighted by Crippen LogP contribution is 2.35. The Balaban J connectivity index is -0.000000162. The van der Waals surface area contributed by atoms with E-state index in [9.17, 15) is 19.1 Å². The fraction of sp³-hybridized carbons (Fsp3) is 0.897. The van der Waals surface area contributed by atoms with Crippen LogP contribution in [0.5, 0.6) is 0 Å². The molecule has 0 amide bonds. The number of carbonyl (C=O) groups is 2. The van der Waals surface area contributed by atoms with Gasteiger partial charge in [-0.3, -0.25) is 14.5 Å². The smallest absolute Gasteiger partial charge is 0.307 e. The van der Waals surface area contributed by atoms with Crippen LogP contribution in [-0.2, 0) is 14.3 Å². The highest BCUT2D eigenvalue weighted by molar-refractivity contribution is 6.20. The normalized spacial score (nSPS) is 14.3. The van der Waals surface area contributed by atoms with Crippen molar-refractivity contribution in [3.05, 3.63) is 0 Å². The molecule has 3 rings (SSSR count). The Labute approximate surface area is 540 Å². The lowest BCUT2D eigenvalue weighted by atomic mass is 9.88. The van der Waals surface area contributed by atoms with Gasteiger partial charge < -0.3 is 9.84 Å². The minimum absolute atomic E-state index is 0.00424. The third-order valence-electron chi connectivity index (χ3n) is 13.6. The number of hydrogen-bond donors (Lipinski definition) is 1. The fourth-order valence-corrected chi connectivity index (χ4v) is 7.88. The Morgan fingerprint density at radius 2 is 0.882 bits per heavy atom. The lowest BCUT2D eigenvalue weighted by Crippen LogP contribution is -2.36. The first-order chi connectivity index (χ1) is 38.6. The summed E-state index contributed by atoms with van der Waals surface area (Å²) in [6, 6.07) is 0. The van der Waals surface area contributed by atoms with Gasteiger partial charge in [-0.15, -0.1) is 11.6 Å². The number of halogens is 2. The van der Waals surface area contributed by atoms with Gasteiger partial charge in [0.05, 0.1) is 30.8 Å². The largest absolute Gasteiger partial charge is 0.469 e. The first kappa shape index (κ1) is 96.6. The summed E-state index contributed by atoms with van der Waals surface area (Å²) in [6.07, 6.45) is 24.6. The van der Waals surface area contributed by atoms with E-state index in [1.54, 1.807) is 6.92 Å². The van der Waals surface area contributed by atoms with Crippen molar-refractivity contribution in [2.45, 2.75) is 359 Å². The molecule has 0 bridgehead atoms. The van der Waals surface area contributed by atoms with Crippen molar-refractivity contribution < 1.29 is 23.8 Å². The summed E-state index contributed by atoms with van der Waals surface area (Å²) in [6.45, 7) is 62.4. The number of ketones is 1. The van der Waals surface area contributed by atoms with Gasteiger partial charge in [-0.25, -0.2) is 4.39 Å². The van der Waals surface area contributed by atoms with Crippen LogP contribution in [0.2, 0.25) is 0 Å². The molecule has 0 spiro atoms. The van der Waals surface area contributed by atoms with Crippen molar-refractivity contribution in [3.63, 3.8) is 0 Å². The quantitative estimate of drug-likeness (QED) is 0.0893. The van der Waals surface area contributed by atoms with Gasteiger partial charge in [0.2, 0.25) is 0 Å². The molecule has 7 heteroatoms. The molecule has 0 aromatic rings. The molecule has 508 valence electrons. The van der Waals surface area contributed by atoms with Crippen LogP contribution in [0.4, 0.5) is 4.39 Å². The van der Waals surface area contributed by atoms with E-state index >= 15 is 0 Å². The lowest BCUT2D eigenvalue weighted by Gasteiger charge is -2.26. The van der Waals surface area contributed by atoms with Crippen molar-refractivity contribution >= 4 is 23.4 Å². The summed E-state index contributed by atoms with van der Waals surface area (Å²) < 4.78 is 15.6. The molecule has 0 aromatic heterocycles. The highest BCUT2D eigenvalue weighted by Gasteiger charge is 2.30. The number of Topliss-reactive ketones (excluding diaryl/α,β-unsaturated/α-hetero) is 1. The Hall–Kier alpha value is -2.04. The molecule has 5 nitrogen and oxygen atoms in total. The maximum atomic E-state index is 11.0. The second-order valence-corrected chi connectivity index (χ2v) is 31.8. The van der Waals surface area contributed by atoms with Gasteiger partial charge in [0.1, 0.15) is 5.78 Å². The topological polar surface area (TPSA) is 66.8 Å². The van der Waals surface area contributed by atoms with E-state index in [0.29, 0.717) is 36.0 Å². The second-order valence-electron chi connectivity index (χ2n) is 30.9. The third-order valence-corrected chi connectivity index (χ3v) is 13.6. The molecule has 0 aromatic carbocycles. The number of ether oxygens (including phenoxy) is 1. The summed E-state index contributed by atoms with van der Waals surface area (Å²) in [5, 5.41) is 10.2. The summed E-state index contributed by atoms with van der Waals surface area (Å²) in [5.74, 6) is 27.4. The number of rotatable bonds is 17. The van der Waals surface area contributed by atoms with Gasteiger partial charge in [-0.2, -0.15) is 0 Å². The number of methoxy groups -OCH3 is 1. The number of carbonyl (C=O) groups excluding carboxylic acids is 2. The van der Waals surface area contributed by atoms with Crippen LogP contribution in [0.25, 0.3) is 0 Å². The summed E-state index contributed by atoms with van der Waals surface area (Å²) in [5.41, 5.74) is -0.706. The van der Waals surface area contributed by atoms with Crippen molar-refractivity contribution in [1.82, 2.24) is 4.90 Å². The Morgan fingerprint density at radius 3 is 1.13 bits per heavy atom. The summed E-state index contributed by atoms with van der Waals surface area (Å²) >= 11 is 5.27. The van der Waals surface area contributed by atoms with E-state index in [0.717, 1.165) is 66.6 Å². The zero-order valence-corrected chi connectivity index (χ0v) is 64.3. The minimum Gasteiger partial charge on any atom is -0.469 e. The van der Waals surface area contributed by atoms with Crippen LogP contribution in [0.15, 0.2) is 0 Å². The fourth-order valence-electron chi connectivity index (χ4n) is 7.88. The number of alkyl halides is 2. The number of aliphatic hydroxyl groups is 1. The predicted octanol–water partition coefficient (Wildman–Crippen LogP) is 23.8. The van der Waals surface area contributed by atoms with Gasteiger partial charge in [-0.1, -0.05) is 251 Å². The average Bonchev–Trinajstić information content (AvgIpc) is 3.82. The Bertz CT molecular complexity index is 1680. The molecule has 0 saturated heterocycles. The molecule has 1 N–H and O–H groups in total. The monoisotopic (exact) mass is 1220 g/mol. The van der Waals surface area contributed by atoms with E-state index in [1.165, 1.54) is 117 Å². The van der Waals surface area contributed by atoms with Crippen LogP contribution in [-0.4, -0.2) is 65.7 Å². The average molecular weight is 1220 g/mol. The van der Waals surface area contributed by atoms with Gasteiger partial charge in [0.25, 0.3) is 0 Å². The maximum Gasteiger partial charge on any atom is 0.307 e. The van der Waals surface area contributed by atoms with Crippen molar-refractivity contribution in [3.8, 4) is 35.5 Å². The van der Waals surface area contributed by atoms with E-state index < -0.39 is 6.17 Å². The number of hydrogen-bond acceptors (Lipinski definition) is 5. The van der Waals surface area contributed by atoms with E-state index in [2.05, 4.69) is 191 Å². The first-order valence-corrected chi connectivity index (χ1v) is 34.9. The van der Waals surface area contributed by atoms with Gasteiger partial charge in [0.15, 0.2) is 0 Å². The SMILES string of the molecule is CC(=O)CC(C)(C)C#CC(C)C.CC(C)C#CC(C)(C)N(C)C.CC(C)CC(C)C.CC(C)CCC1(O)CCCC1.CC(C)CCC1CC1.CC(C)CCC1CCCC1.CC(C)Cl.CC(C)F.CCC(C)C.COC(=O)CC(C)(C)C#CC(C)C. The molecule has 3 aliphatic carbocycles. The van der Waals surface area contributed by atoms with E-state index in [4.69, 9.17) is 11.6 Å². The molecule has 0 radical (unpaired) electrons. The standard InChI is InChI=1S/C11H18O2.C11H18O.C10H19N.C10H20O.C10H20.C8H16.C7H16.C5H12.C3H7Cl.C3H7F/c1-9(2)6-7-11(3,4)8-10(12)13-5;1-9(2)6-7-11(4,5)8-10(3)12;1-9(2)7-8-10(3,4)11(5)6;1-9(2)5-8-10(11)6-3-4-7-10;1-9(2)7-8-10-5-3-4-6-10;1-7(2)3-4-8-5-6-8;1-6(2)5-7(3)4;1-4-5(2)3;2*1-3(2)4/h9H,8H2,1-5H3;9H,8H2,1-5H3;9H,1-6H3;9,11H,3-8H2,1-2H3;9-10H,3-8H2,1-2H3;7-8H,3-6H2,1-2H3;6-7H,5H2,1-4H3;5H,4H2,1-3H3;2*3H,1-2H3. The molecule has 85 heavy (non-hydrogen) atoms. The van der Waals surface area contributed by atoms with Crippen LogP contribution in [0.3, 0.4) is 0 Å². The Morgan fingerprint density at radius 1 is 0.565 bits per heavy atom. The lowest BCUT2D eigenvalue weighted by molar-refractivity contribution is -0.142. The minimum atomic E-state index is -0.667. The molecule has 0 heterocycles. The molecule has 3 aliphatic rings. The maximum absolute atomic E-state index is 11.0.